The molecule has 1 aromatic rings. The molecule has 0 spiro atoms. The van der Waals surface area contributed by atoms with E-state index < -0.39 is 17.9 Å². The van der Waals surface area contributed by atoms with E-state index in [0.29, 0.717) is 32.4 Å². The Bertz CT molecular complexity index is 696. The van der Waals surface area contributed by atoms with Gasteiger partial charge in [-0.25, -0.2) is 4.39 Å². The highest BCUT2D eigenvalue weighted by molar-refractivity contribution is 5.81. The third kappa shape index (κ3) is 5.94. The number of amides is 2. The number of likely N-dealkylation sites (tertiary alicyclic amines) is 1. The molecule has 0 aromatic heterocycles. The predicted octanol–water partition coefficient (Wildman–Crippen LogP) is 1.91. The molecule has 0 aliphatic carbocycles. The summed E-state index contributed by atoms with van der Waals surface area (Å²) in [5.41, 5.74) is 0. The van der Waals surface area contributed by atoms with Crippen molar-refractivity contribution in [2.75, 3.05) is 19.6 Å². The Labute approximate surface area is 157 Å². The lowest BCUT2D eigenvalue weighted by Crippen LogP contribution is -2.44. The minimum Gasteiger partial charge on any atom is -0.481 e. The van der Waals surface area contributed by atoms with E-state index in [1.165, 1.54) is 30.0 Å². The molecule has 1 aliphatic heterocycles. The maximum absolute atomic E-state index is 13.3. The number of halogens is 1. The number of carbonyl (C=O) groups is 3. The number of carboxylic acids is 1. The van der Waals surface area contributed by atoms with Crippen LogP contribution in [0.3, 0.4) is 0 Å². The molecule has 0 bridgehead atoms. The number of rotatable bonds is 6. The molecule has 1 N–H and O–H groups in total. The second-order valence-corrected chi connectivity index (χ2v) is 6.67. The van der Waals surface area contributed by atoms with E-state index in [9.17, 15) is 18.8 Å². The number of nitrogens with zero attached hydrogens (tertiary/aromatic N) is 2. The molecule has 148 valence electrons. The smallest absolute Gasteiger partial charge is 0.323 e. The van der Waals surface area contributed by atoms with Crippen LogP contribution < -0.4 is 4.74 Å². The summed E-state index contributed by atoms with van der Waals surface area (Å²) in [7, 11) is 0. The predicted molar refractivity (Wildman–Crippen MR) is 95.7 cm³/mol. The highest BCUT2D eigenvalue weighted by Gasteiger charge is 2.29. The zero-order chi connectivity index (χ0) is 20.0. The van der Waals surface area contributed by atoms with E-state index in [0.717, 1.165) is 0 Å². The number of benzene rings is 1. The van der Waals surface area contributed by atoms with Crippen molar-refractivity contribution in [2.45, 2.75) is 45.3 Å². The third-order valence-electron chi connectivity index (χ3n) is 4.62. The number of aliphatic carboxylic acids is 1. The van der Waals surface area contributed by atoms with Crippen LogP contribution in [0.25, 0.3) is 0 Å². The first kappa shape index (κ1) is 20.7. The van der Waals surface area contributed by atoms with E-state index in [1.807, 2.05) is 0 Å². The topological polar surface area (TPSA) is 87.2 Å². The molecule has 0 radical (unpaired) electrons. The fourth-order valence-electron chi connectivity index (χ4n) is 3.31. The fraction of sp³-hybridized carbons (Fsp3) is 0.526. The first-order valence-electron chi connectivity index (χ1n) is 8.98. The molecule has 1 fully saturated rings. The molecule has 2 unspecified atom stereocenters. The minimum atomic E-state index is -1.06. The van der Waals surface area contributed by atoms with Gasteiger partial charge in [-0.3, -0.25) is 14.4 Å². The number of hydrogen-bond acceptors (Lipinski definition) is 4. The summed E-state index contributed by atoms with van der Waals surface area (Å²) in [6.45, 7) is 3.54. The number of ether oxygens (including phenoxy) is 1. The molecule has 1 heterocycles. The van der Waals surface area contributed by atoms with Gasteiger partial charge in [-0.2, -0.15) is 0 Å². The summed E-state index contributed by atoms with van der Waals surface area (Å²) < 4.78 is 18.8. The van der Waals surface area contributed by atoms with Crippen molar-refractivity contribution in [3.8, 4) is 5.75 Å². The van der Waals surface area contributed by atoms with E-state index in [1.54, 1.807) is 17.9 Å². The Balaban J connectivity index is 1.96. The van der Waals surface area contributed by atoms with Crippen molar-refractivity contribution >= 4 is 17.8 Å². The molecule has 2 atom stereocenters. The molecule has 1 aromatic carbocycles. The molecular weight excluding hydrogens is 355 g/mol. The van der Waals surface area contributed by atoms with Crippen LogP contribution in [0.15, 0.2) is 24.3 Å². The average Bonchev–Trinajstić information content (AvgIpc) is 2.84. The van der Waals surface area contributed by atoms with Gasteiger partial charge in [0.05, 0.1) is 0 Å². The Hall–Kier alpha value is -2.64. The monoisotopic (exact) mass is 380 g/mol. The molecule has 0 saturated carbocycles. The zero-order valence-corrected chi connectivity index (χ0v) is 15.6. The molecule has 1 saturated heterocycles. The molecular formula is C19H25FN2O5. The minimum absolute atomic E-state index is 0.212. The van der Waals surface area contributed by atoms with Gasteiger partial charge in [-0.1, -0.05) is 6.07 Å². The quantitative estimate of drug-likeness (QED) is 0.815. The normalized spacial score (nSPS) is 18.3. The lowest BCUT2D eigenvalue weighted by molar-refractivity contribution is -0.145. The van der Waals surface area contributed by atoms with Crippen molar-refractivity contribution < 1.29 is 28.6 Å². The first-order chi connectivity index (χ1) is 12.8. The van der Waals surface area contributed by atoms with Gasteiger partial charge in [0.25, 0.3) is 5.91 Å². The lowest BCUT2D eigenvalue weighted by Gasteiger charge is -2.29. The van der Waals surface area contributed by atoms with Gasteiger partial charge in [0, 0.05) is 32.1 Å². The SMILES string of the molecule is CC(=O)N(CC(=O)O)C1CCCN(C(=O)C(C)Oc2cccc(F)c2)CC1. The van der Waals surface area contributed by atoms with Crippen LogP contribution >= 0.6 is 0 Å². The second kappa shape index (κ2) is 9.34. The lowest BCUT2D eigenvalue weighted by atomic mass is 10.1. The summed E-state index contributed by atoms with van der Waals surface area (Å²) in [6, 6.07) is 5.40. The van der Waals surface area contributed by atoms with E-state index in [4.69, 9.17) is 9.84 Å². The summed E-state index contributed by atoms with van der Waals surface area (Å²) in [4.78, 5) is 38.4. The van der Waals surface area contributed by atoms with Gasteiger partial charge in [0.2, 0.25) is 5.91 Å². The average molecular weight is 380 g/mol. The van der Waals surface area contributed by atoms with E-state index in [-0.39, 0.29) is 30.2 Å². The Kier molecular flexibility index (Phi) is 7.15. The van der Waals surface area contributed by atoms with Crippen molar-refractivity contribution in [2.24, 2.45) is 0 Å². The zero-order valence-electron chi connectivity index (χ0n) is 15.6. The Morgan fingerprint density at radius 3 is 2.70 bits per heavy atom. The summed E-state index contributed by atoms with van der Waals surface area (Å²) in [5, 5.41) is 9.00. The number of carbonyl (C=O) groups excluding carboxylic acids is 2. The molecule has 8 heteroatoms. The van der Waals surface area contributed by atoms with E-state index >= 15 is 0 Å². The molecule has 7 nitrogen and oxygen atoms in total. The van der Waals surface area contributed by atoms with Gasteiger partial charge in [-0.15, -0.1) is 0 Å². The molecule has 2 rings (SSSR count). The van der Waals surface area contributed by atoms with Crippen LogP contribution in [0.5, 0.6) is 5.75 Å². The van der Waals surface area contributed by atoms with E-state index in [2.05, 4.69) is 0 Å². The van der Waals surface area contributed by atoms with Crippen LogP contribution in [-0.4, -0.2) is 64.5 Å². The molecule has 2 amide bonds. The third-order valence-corrected chi connectivity index (χ3v) is 4.62. The van der Waals surface area contributed by atoms with Crippen molar-refractivity contribution in [3.05, 3.63) is 30.1 Å². The highest BCUT2D eigenvalue weighted by atomic mass is 19.1. The van der Waals surface area contributed by atoms with Gasteiger partial charge in [-0.05, 0) is 38.3 Å². The van der Waals surface area contributed by atoms with Crippen LogP contribution in [0.1, 0.15) is 33.1 Å². The molecule has 27 heavy (non-hydrogen) atoms. The van der Waals surface area contributed by atoms with Gasteiger partial charge in [0.1, 0.15) is 18.1 Å². The van der Waals surface area contributed by atoms with Crippen LogP contribution in [0, 0.1) is 5.82 Å². The largest absolute Gasteiger partial charge is 0.481 e. The van der Waals surface area contributed by atoms with Gasteiger partial charge < -0.3 is 19.6 Å². The van der Waals surface area contributed by atoms with Crippen molar-refractivity contribution in [1.82, 2.24) is 9.80 Å². The Morgan fingerprint density at radius 2 is 2.07 bits per heavy atom. The maximum atomic E-state index is 13.3. The van der Waals surface area contributed by atoms with Crippen molar-refractivity contribution in [1.29, 1.82) is 0 Å². The number of hydrogen-bond donors (Lipinski definition) is 1. The maximum Gasteiger partial charge on any atom is 0.323 e. The first-order valence-corrected chi connectivity index (χ1v) is 8.98. The van der Waals surface area contributed by atoms with Crippen LogP contribution in [-0.2, 0) is 14.4 Å². The van der Waals surface area contributed by atoms with Crippen LogP contribution in [0.4, 0.5) is 4.39 Å². The summed E-state index contributed by atoms with van der Waals surface area (Å²) in [6.07, 6.45) is 1.03. The molecule has 1 aliphatic rings. The van der Waals surface area contributed by atoms with Crippen LogP contribution in [0.2, 0.25) is 0 Å². The summed E-state index contributed by atoms with van der Waals surface area (Å²) in [5.74, 6) is -1.71. The Morgan fingerprint density at radius 1 is 1.33 bits per heavy atom. The fourth-order valence-corrected chi connectivity index (χ4v) is 3.31. The van der Waals surface area contributed by atoms with Crippen molar-refractivity contribution in [3.63, 3.8) is 0 Å². The number of carboxylic acid groups (broad SMARTS) is 1. The second-order valence-electron chi connectivity index (χ2n) is 6.67. The summed E-state index contributed by atoms with van der Waals surface area (Å²) >= 11 is 0. The van der Waals surface area contributed by atoms with Gasteiger partial charge >= 0.3 is 5.97 Å². The van der Waals surface area contributed by atoms with Gasteiger partial charge in [0.15, 0.2) is 6.10 Å². The highest BCUT2D eigenvalue weighted by Crippen LogP contribution is 2.19. The standard InChI is InChI=1S/C19H25FN2O5/c1-13(27-17-7-3-5-15(20)11-17)19(26)21-9-4-6-16(8-10-21)22(14(2)23)12-18(24)25/h3,5,7,11,13,16H,4,6,8-10,12H2,1-2H3,(H,24,25).